The average molecular weight is 393 g/mol. The number of halogens is 1. The monoisotopic (exact) mass is 393 g/mol. The van der Waals surface area contributed by atoms with Crippen LogP contribution in [0.15, 0.2) is 58.0 Å². The molecule has 1 aromatic carbocycles. The van der Waals surface area contributed by atoms with Crippen molar-refractivity contribution in [1.29, 1.82) is 0 Å². The Kier molecular flexibility index (Phi) is 5.44. The van der Waals surface area contributed by atoms with Crippen molar-refractivity contribution in [3.63, 3.8) is 0 Å². The van der Waals surface area contributed by atoms with Crippen molar-refractivity contribution in [3.05, 3.63) is 64.0 Å². The van der Waals surface area contributed by atoms with Crippen LogP contribution in [0.4, 0.5) is 10.5 Å². The first-order valence-corrected chi connectivity index (χ1v) is 7.29. The lowest BCUT2D eigenvalue weighted by Crippen LogP contribution is -2.23. The Morgan fingerprint density at radius 1 is 1.14 bits per heavy atom. The first-order chi connectivity index (χ1) is 10.2. The molecule has 1 N–H and O–H groups in total. The molecule has 6 heteroatoms. The quantitative estimate of drug-likeness (QED) is 0.485. The number of aromatic nitrogens is 1. The smallest absolute Gasteiger partial charge is 0.432 e. The number of benzene rings is 1. The van der Waals surface area contributed by atoms with Crippen LogP contribution in [0.3, 0.4) is 0 Å². The van der Waals surface area contributed by atoms with Gasteiger partial charge in [0.2, 0.25) is 0 Å². The van der Waals surface area contributed by atoms with E-state index in [4.69, 9.17) is 0 Å². The van der Waals surface area contributed by atoms with Crippen LogP contribution in [0.1, 0.15) is 11.1 Å². The van der Waals surface area contributed by atoms with Gasteiger partial charge in [0.05, 0.1) is 11.9 Å². The van der Waals surface area contributed by atoms with Crippen LogP contribution < -0.4 is 5.01 Å². The van der Waals surface area contributed by atoms with E-state index in [1.54, 1.807) is 36.7 Å². The highest BCUT2D eigenvalue weighted by Gasteiger charge is 2.12. The van der Waals surface area contributed by atoms with Crippen molar-refractivity contribution < 1.29 is 9.90 Å². The standard InChI is InChI=1S/C15H12IN3O2/c16-8-5-12-1-3-14(4-2-12)19(15(20)21)18-11-13-6-9-17-10-7-13/h1-11H,(H,20,21). The maximum atomic E-state index is 11.3. The van der Waals surface area contributed by atoms with E-state index in [1.165, 1.54) is 6.21 Å². The molecule has 2 aromatic rings. The Balaban J connectivity index is 2.23. The summed E-state index contributed by atoms with van der Waals surface area (Å²) in [4.78, 5) is 15.2. The molecule has 0 aliphatic heterocycles. The van der Waals surface area contributed by atoms with Gasteiger partial charge in [0.25, 0.3) is 0 Å². The fourth-order valence-electron chi connectivity index (χ4n) is 1.60. The number of hydrogen-bond donors (Lipinski definition) is 1. The molecule has 106 valence electrons. The number of carboxylic acid groups (broad SMARTS) is 1. The van der Waals surface area contributed by atoms with Gasteiger partial charge in [0, 0.05) is 12.4 Å². The topological polar surface area (TPSA) is 65.8 Å². The molecule has 0 fully saturated rings. The van der Waals surface area contributed by atoms with Crippen molar-refractivity contribution in [1.82, 2.24) is 4.98 Å². The number of rotatable bonds is 4. The summed E-state index contributed by atoms with van der Waals surface area (Å²) in [7, 11) is 0. The summed E-state index contributed by atoms with van der Waals surface area (Å²) in [5.74, 6) is 0. The van der Waals surface area contributed by atoms with Crippen LogP contribution in [0.5, 0.6) is 0 Å². The number of amides is 1. The third-order valence-electron chi connectivity index (χ3n) is 2.60. The fraction of sp³-hybridized carbons (Fsp3) is 0. The van der Waals surface area contributed by atoms with E-state index in [0.29, 0.717) is 5.69 Å². The van der Waals surface area contributed by atoms with E-state index in [0.717, 1.165) is 16.1 Å². The molecule has 5 nitrogen and oxygen atoms in total. The molecule has 0 saturated heterocycles. The fourth-order valence-corrected chi connectivity index (χ4v) is 2.01. The second kappa shape index (κ2) is 7.53. The van der Waals surface area contributed by atoms with Crippen molar-refractivity contribution in [3.8, 4) is 0 Å². The van der Waals surface area contributed by atoms with Crippen molar-refractivity contribution in [2.75, 3.05) is 5.01 Å². The Labute approximate surface area is 135 Å². The average Bonchev–Trinajstić information content (AvgIpc) is 2.50. The largest absolute Gasteiger partial charge is 0.463 e. The Hall–Kier alpha value is -2.22. The number of anilines is 1. The third kappa shape index (κ3) is 4.38. The Morgan fingerprint density at radius 2 is 1.81 bits per heavy atom. The zero-order valence-corrected chi connectivity index (χ0v) is 13.1. The van der Waals surface area contributed by atoms with E-state index < -0.39 is 6.09 Å². The summed E-state index contributed by atoms with van der Waals surface area (Å²) in [6.07, 6.45) is 5.51. The van der Waals surface area contributed by atoms with Gasteiger partial charge in [-0.15, -0.1) is 0 Å². The molecule has 0 saturated carbocycles. The van der Waals surface area contributed by atoms with E-state index in [-0.39, 0.29) is 0 Å². The molecule has 0 unspecified atom stereocenters. The number of pyridine rings is 1. The molecule has 0 aliphatic carbocycles. The van der Waals surface area contributed by atoms with Gasteiger partial charge in [-0.2, -0.15) is 10.1 Å². The zero-order valence-electron chi connectivity index (χ0n) is 10.9. The van der Waals surface area contributed by atoms with Gasteiger partial charge in [-0.25, -0.2) is 4.79 Å². The second-order valence-corrected chi connectivity index (χ2v) is 4.72. The van der Waals surface area contributed by atoms with Crippen LogP contribution in [-0.2, 0) is 0 Å². The molecule has 0 atom stereocenters. The highest BCUT2D eigenvalue weighted by atomic mass is 127. The summed E-state index contributed by atoms with van der Waals surface area (Å²) >= 11 is 2.13. The predicted octanol–water partition coefficient (Wildman–Crippen LogP) is 4.01. The maximum absolute atomic E-state index is 11.3. The molecular formula is C15H12IN3O2. The number of nitrogens with zero attached hydrogens (tertiary/aromatic N) is 3. The SMILES string of the molecule is O=C(O)N(N=Cc1ccncc1)c1ccc(C=CI)cc1. The van der Waals surface area contributed by atoms with Gasteiger partial charge in [0.1, 0.15) is 0 Å². The lowest BCUT2D eigenvalue weighted by Gasteiger charge is -2.13. The normalized spacial score (nSPS) is 11.1. The molecule has 1 aromatic heterocycles. The molecule has 1 amide bonds. The summed E-state index contributed by atoms with van der Waals surface area (Å²) < 4.78 is 1.89. The summed E-state index contributed by atoms with van der Waals surface area (Å²) in [6.45, 7) is 0. The molecule has 2 rings (SSSR count). The molecule has 21 heavy (non-hydrogen) atoms. The molecule has 0 aliphatic rings. The van der Waals surface area contributed by atoms with Gasteiger partial charge < -0.3 is 5.11 Å². The maximum Gasteiger partial charge on any atom is 0.432 e. The van der Waals surface area contributed by atoms with Gasteiger partial charge in [0.15, 0.2) is 0 Å². The van der Waals surface area contributed by atoms with Crippen LogP contribution in [0, 0.1) is 0 Å². The van der Waals surface area contributed by atoms with E-state index in [1.807, 2.05) is 22.3 Å². The minimum absolute atomic E-state index is 0.485. The first-order valence-electron chi connectivity index (χ1n) is 6.04. The minimum Gasteiger partial charge on any atom is -0.463 e. The molecule has 1 heterocycles. The van der Waals surface area contributed by atoms with Crippen molar-refractivity contribution in [2.24, 2.45) is 5.10 Å². The van der Waals surface area contributed by atoms with E-state index in [2.05, 4.69) is 32.7 Å². The Morgan fingerprint density at radius 3 is 2.38 bits per heavy atom. The summed E-state index contributed by atoms with van der Waals surface area (Å²) in [5.41, 5.74) is 2.26. The van der Waals surface area contributed by atoms with Gasteiger partial charge >= 0.3 is 6.09 Å². The summed E-state index contributed by atoms with van der Waals surface area (Å²) in [5, 5.41) is 14.2. The lowest BCUT2D eigenvalue weighted by molar-refractivity contribution is 0.202. The van der Waals surface area contributed by atoms with Crippen molar-refractivity contribution in [2.45, 2.75) is 0 Å². The lowest BCUT2D eigenvalue weighted by atomic mass is 10.2. The van der Waals surface area contributed by atoms with Crippen LogP contribution in [0.25, 0.3) is 6.08 Å². The highest BCUT2D eigenvalue weighted by molar-refractivity contribution is 14.1. The van der Waals surface area contributed by atoms with Gasteiger partial charge in [-0.05, 0) is 45.6 Å². The van der Waals surface area contributed by atoms with E-state index in [9.17, 15) is 9.90 Å². The van der Waals surface area contributed by atoms with Crippen LogP contribution in [-0.4, -0.2) is 22.4 Å². The first kappa shape index (κ1) is 15.2. The predicted molar refractivity (Wildman–Crippen MR) is 91.8 cm³/mol. The van der Waals surface area contributed by atoms with Gasteiger partial charge in [-0.1, -0.05) is 34.7 Å². The third-order valence-corrected chi connectivity index (χ3v) is 2.96. The van der Waals surface area contributed by atoms with Crippen LogP contribution in [0.2, 0.25) is 0 Å². The van der Waals surface area contributed by atoms with Gasteiger partial charge in [-0.3, -0.25) is 4.98 Å². The van der Waals surface area contributed by atoms with Crippen LogP contribution >= 0.6 is 22.6 Å². The molecule has 0 radical (unpaired) electrons. The Bertz CT molecular complexity index is 654. The molecule has 0 spiro atoms. The summed E-state index contributed by atoms with van der Waals surface area (Å²) in [6, 6.07) is 10.6. The molecular weight excluding hydrogens is 381 g/mol. The number of hydrazone groups is 1. The van der Waals surface area contributed by atoms with Crippen molar-refractivity contribution >= 4 is 46.7 Å². The van der Waals surface area contributed by atoms with E-state index >= 15 is 0 Å². The highest BCUT2D eigenvalue weighted by Crippen LogP contribution is 2.17. The number of carbonyl (C=O) groups is 1. The molecule has 0 bridgehead atoms. The second-order valence-electron chi connectivity index (χ2n) is 4.00. The zero-order chi connectivity index (χ0) is 15.1. The number of hydrogen-bond acceptors (Lipinski definition) is 3. The minimum atomic E-state index is -1.14.